The van der Waals surface area contributed by atoms with Crippen molar-refractivity contribution in [1.29, 1.82) is 5.41 Å². The van der Waals surface area contributed by atoms with Crippen LogP contribution in [-0.4, -0.2) is 104 Å². The van der Waals surface area contributed by atoms with Crippen LogP contribution in [0.3, 0.4) is 0 Å². The standard InChI is InChI=1S/C21H29F6N5O4/c22-20(23,24)17(21(25,26)27)36-18(35)32-8-4-19(5-9-32,2-1-6-29-15-34)3-7-31-11-10-30(12-13-33)14-16(31)28/h3,7,13,15,17,28H,1-2,4-6,8-12,14H2,(H,29,34)/b7-3+,28-16?. The molecule has 2 amide bonds. The molecule has 2 saturated heterocycles. The number of piperazine rings is 1. The van der Waals surface area contributed by atoms with E-state index in [0.29, 0.717) is 38.9 Å². The Kier molecular flexibility index (Phi) is 10.1. The van der Waals surface area contributed by atoms with E-state index in [4.69, 9.17) is 5.41 Å². The molecule has 15 heteroatoms. The lowest BCUT2D eigenvalue weighted by Gasteiger charge is -2.41. The van der Waals surface area contributed by atoms with Gasteiger partial charge in [-0.05, 0) is 31.1 Å². The van der Waals surface area contributed by atoms with Gasteiger partial charge >= 0.3 is 18.4 Å². The van der Waals surface area contributed by atoms with Crippen LogP contribution in [0, 0.1) is 10.8 Å². The van der Waals surface area contributed by atoms with Crippen molar-refractivity contribution in [1.82, 2.24) is 20.0 Å². The van der Waals surface area contributed by atoms with E-state index in [0.717, 1.165) is 11.2 Å². The molecule has 0 spiro atoms. The first kappa shape index (κ1) is 29.4. The summed E-state index contributed by atoms with van der Waals surface area (Å²) in [5, 5.41) is 10.7. The molecule has 36 heavy (non-hydrogen) atoms. The summed E-state index contributed by atoms with van der Waals surface area (Å²) < 4.78 is 80.3. The fraction of sp³-hybridized carbons (Fsp3) is 0.714. The average Bonchev–Trinajstić information content (AvgIpc) is 2.79. The molecule has 2 aliphatic heterocycles. The Morgan fingerprint density at radius 1 is 1.08 bits per heavy atom. The first-order valence-corrected chi connectivity index (χ1v) is 11.3. The Balaban J connectivity index is 2.06. The summed E-state index contributed by atoms with van der Waals surface area (Å²) in [7, 11) is 0. The smallest absolute Gasteiger partial charge is 0.426 e. The second kappa shape index (κ2) is 12.4. The third-order valence-electron chi connectivity index (χ3n) is 6.23. The van der Waals surface area contributed by atoms with Crippen molar-refractivity contribution in [2.45, 2.75) is 44.1 Å². The molecule has 0 aromatic carbocycles. The molecule has 0 unspecified atom stereocenters. The van der Waals surface area contributed by atoms with Crippen molar-refractivity contribution >= 4 is 24.6 Å². The zero-order chi connectivity index (χ0) is 27.0. The number of halogens is 6. The van der Waals surface area contributed by atoms with Gasteiger partial charge in [-0.1, -0.05) is 6.08 Å². The van der Waals surface area contributed by atoms with Crippen LogP contribution in [0.15, 0.2) is 12.3 Å². The third kappa shape index (κ3) is 8.38. The zero-order valence-electron chi connectivity index (χ0n) is 19.4. The molecule has 0 aliphatic carbocycles. The van der Waals surface area contributed by atoms with Gasteiger partial charge in [0.1, 0.15) is 12.1 Å². The minimum atomic E-state index is -5.79. The van der Waals surface area contributed by atoms with Crippen LogP contribution >= 0.6 is 0 Å². The van der Waals surface area contributed by atoms with Gasteiger partial charge in [0.05, 0.1) is 13.1 Å². The number of rotatable bonds is 10. The minimum absolute atomic E-state index is 0.128. The Morgan fingerprint density at radius 2 is 1.72 bits per heavy atom. The van der Waals surface area contributed by atoms with Gasteiger partial charge < -0.3 is 24.6 Å². The highest BCUT2D eigenvalue weighted by Crippen LogP contribution is 2.39. The van der Waals surface area contributed by atoms with E-state index < -0.39 is 30.0 Å². The van der Waals surface area contributed by atoms with Crippen LogP contribution in [0.5, 0.6) is 0 Å². The van der Waals surface area contributed by atoms with E-state index in [1.165, 1.54) is 0 Å². The van der Waals surface area contributed by atoms with Crippen LogP contribution in [0.4, 0.5) is 31.1 Å². The molecule has 9 nitrogen and oxygen atoms in total. The van der Waals surface area contributed by atoms with E-state index in [1.54, 1.807) is 16.0 Å². The van der Waals surface area contributed by atoms with Gasteiger partial charge in [0.15, 0.2) is 0 Å². The first-order valence-electron chi connectivity index (χ1n) is 11.3. The maximum atomic E-state index is 12.7. The number of alkyl halides is 6. The number of allylic oxidation sites excluding steroid dienone is 1. The Hall–Kier alpha value is -2.84. The van der Waals surface area contributed by atoms with E-state index in [-0.39, 0.29) is 44.9 Å². The minimum Gasteiger partial charge on any atom is -0.426 e. The lowest BCUT2D eigenvalue weighted by Crippen LogP contribution is -2.50. The summed E-state index contributed by atoms with van der Waals surface area (Å²) in [6.45, 7) is 1.61. The number of likely N-dealkylation sites (tertiary alicyclic amines) is 1. The van der Waals surface area contributed by atoms with Crippen LogP contribution < -0.4 is 5.32 Å². The normalized spacial score (nSPS) is 19.6. The van der Waals surface area contributed by atoms with Gasteiger partial charge in [-0.25, -0.2) is 4.79 Å². The van der Waals surface area contributed by atoms with Gasteiger partial charge in [-0.15, -0.1) is 0 Å². The molecule has 0 bridgehead atoms. The molecule has 2 fully saturated rings. The molecule has 2 rings (SSSR count). The number of ether oxygens (including phenoxy) is 1. The predicted octanol–water partition coefficient (Wildman–Crippen LogP) is 2.53. The Bertz CT molecular complexity index is 798. The predicted molar refractivity (Wildman–Crippen MR) is 115 cm³/mol. The molecule has 2 N–H and O–H groups in total. The van der Waals surface area contributed by atoms with Crippen LogP contribution in [0.1, 0.15) is 25.7 Å². The van der Waals surface area contributed by atoms with Gasteiger partial charge in [-0.3, -0.25) is 15.1 Å². The first-order chi connectivity index (χ1) is 16.8. The molecule has 2 heterocycles. The van der Waals surface area contributed by atoms with Crippen molar-refractivity contribution in [3.8, 4) is 0 Å². The van der Waals surface area contributed by atoms with Gasteiger partial charge in [0.25, 0.3) is 6.10 Å². The molecule has 0 atom stereocenters. The molecule has 2 aliphatic rings. The summed E-state index contributed by atoms with van der Waals surface area (Å²) in [5.41, 5.74) is -0.561. The van der Waals surface area contributed by atoms with Crippen molar-refractivity contribution in [3.63, 3.8) is 0 Å². The lowest BCUT2D eigenvalue weighted by molar-refractivity contribution is -0.308. The highest BCUT2D eigenvalue weighted by molar-refractivity contribution is 5.83. The maximum Gasteiger partial charge on any atom is 0.434 e. The van der Waals surface area contributed by atoms with Gasteiger partial charge in [-0.2, -0.15) is 26.3 Å². The van der Waals surface area contributed by atoms with E-state index in [9.17, 15) is 40.7 Å². The van der Waals surface area contributed by atoms with Crippen LogP contribution in [0.25, 0.3) is 0 Å². The number of amides is 2. The van der Waals surface area contributed by atoms with Crippen molar-refractivity contribution < 1.29 is 45.5 Å². The van der Waals surface area contributed by atoms with E-state index >= 15 is 0 Å². The average molecular weight is 529 g/mol. The number of aldehydes is 1. The highest BCUT2D eigenvalue weighted by atomic mass is 19.4. The second-order valence-electron chi connectivity index (χ2n) is 8.73. The molecular weight excluding hydrogens is 500 g/mol. The Morgan fingerprint density at radius 3 is 2.25 bits per heavy atom. The van der Waals surface area contributed by atoms with Crippen LogP contribution in [-0.2, 0) is 14.3 Å². The summed E-state index contributed by atoms with van der Waals surface area (Å²) in [5.74, 6) is 0.267. The van der Waals surface area contributed by atoms with Gasteiger partial charge in [0.2, 0.25) is 6.41 Å². The molecular formula is C21H29F6N5O4. The number of amidine groups is 1. The molecule has 0 saturated carbocycles. The fourth-order valence-corrected chi connectivity index (χ4v) is 4.17. The summed E-state index contributed by atoms with van der Waals surface area (Å²) in [6.07, 6.45) is -11.1. The van der Waals surface area contributed by atoms with Crippen LogP contribution in [0.2, 0.25) is 0 Å². The molecule has 204 valence electrons. The van der Waals surface area contributed by atoms with Crippen molar-refractivity contribution in [2.75, 3.05) is 45.8 Å². The summed E-state index contributed by atoms with van der Waals surface area (Å²) in [6, 6.07) is 0. The topological polar surface area (TPSA) is 106 Å². The summed E-state index contributed by atoms with van der Waals surface area (Å²) in [4.78, 5) is 37.7. The number of hydrogen-bond acceptors (Lipinski definition) is 6. The lowest BCUT2D eigenvalue weighted by atomic mass is 9.74. The molecule has 0 aromatic heterocycles. The largest absolute Gasteiger partial charge is 0.434 e. The number of carbonyl (C=O) groups excluding carboxylic acids is 3. The summed E-state index contributed by atoms with van der Waals surface area (Å²) >= 11 is 0. The number of nitrogens with one attached hydrogen (secondary N) is 2. The number of hydrogen-bond donors (Lipinski definition) is 2. The monoisotopic (exact) mass is 529 g/mol. The highest BCUT2D eigenvalue weighted by Gasteiger charge is 2.60. The van der Waals surface area contributed by atoms with Gasteiger partial charge in [0, 0.05) is 38.9 Å². The fourth-order valence-electron chi connectivity index (χ4n) is 4.17. The molecule has 0 radical (unpaired) electrons. The number of nitrogens with zero attached hydrogens (tertiary/aromatic N) is 3. The second-order valence-corrected chi connectivity index (χ2v) is 8.73. The van der Waals surface area contributed by atoms with Crippen molar-refractivity contribution in [3.05, 3.63) is 12.3 Å². The van der Waals surface area contributed by atoms with E-state index in [2.05, 4.69) is 10.1 Å². The van der Waals surface area contributed by atoms with Crippen molar-refractivity contribution in [2.24, 2.45) is 5.41 Å². The maximum absolute atomic E-state index is 12.7. The Labute approximate surface area is 203 Å². The molecule has 0 aromatic rings. The quantitative estimate of drug-likeness (QED) is 0.256. The third-order valence-corrected chi connectivity index (χ3v) is 6.23. The van der Waals surface area contributed by atoms with E-state index in [1.807, 2.05) is 6.08 Å². The number of carbonyl (C=O) groups is 3. The number of piperidine rings is 1. The SMILES string of the molecule is N=C1CN(CC=O)CCN1/C=C/C1(CCCNC=O)CCN(C(=O)OC(C(F)(F)F)C(F)(F)F)CC1. The zero-order valence-corrected chi connectivity index (χ0v) is 19.4.